The summed E-state index contributed by atoms with van der Waals surface area (Å²) in [6.45, 7) is 4.09. The van der Waals surface area contributed by atoms with Crippen molar-refractivity contribution in [1.82, 2.24) is 10.3 Å². The van der Waals surface area contributed by atoms with Crippen LogP contribution in [0.1, 0.15) is 30.6 Å². The highest BCUT2D eigenvalue weighted by molar-refractivity contribution is 5.98. The third-order valence-corrected chi connectivity index (χ3v) is 3.18. The van der Waals surface area contributed by atoms with Crippen LogP contribution in [0.2, 0.25) is 0 Å². The van der Waals surface area contributed by atoms with Gasteiger partial charge < -0.3 is 10.4 Å². The average molecular weight is 272 g/mol. The van der Waals surface area contributed by atoms with Crippen LogP contribution in [-0.4, -0.2) is 28.6 Å². The molecule has 2 aromatic rings. The van der Waals surface area contributed by atoms with Crippen molar-refractivity contribution in [2.45, 2.75) is 26.3 Å². The number of amides is 1. The van der Waals surface area contributed by atoms with E-state index in [1.54, 1.807) is 12.3 Å². The molecule has 0 aliphatic rings. The summed E-state index contributed by atoms with van der Waals surface area (Å²) in [6, 6.07) is 8.99. The van der Waals surface area contributed by atoms with Crippen molar-refractivity contribution in [2.75, 3.05) is 6.61 Å². The number of fused-ring (bicyclic) bond motifs is 1. The monoisotopic (exact) mass is 272 g/mol. The normalized spacial score (nSPS) is 12.6. The number of aliphatic hydroxyl groups is 1. The van der Waals surface area contributed by atoms with E-state index in [1.807, 2.05) is 24.3 Å². The van der Waals surface area contributed by atoms with Gasteiger partial charge in [0.05, 0.1) is 18.2 Å². The van der Waals surface area contributed by atoms with E-state index in [2.05, 4.69) is 24.1 Å². The molecular weight excluding hydrogens is 252 g/mol. The number of rotatable bonds is 5. The molecule has 0 aliphatic heterocycles. The second-order valence-electron chi connectivity index (χ2n) is 5.39. The van der Waals surface area contributed by atoms with E-state index in [4.69, 9.17) is 0 Å². The lowest BCUT2D eigenvalue weighted by atomic mass is 10.0. The number of benzene rings is 1. The Bertz CT molecular complexity index is 596. The molecule has 0 fully saturated rings. The molecule has 1 atom stereocenters. The number of carbonyl (C=O) groups is 1. The van der Waals surface area contributed by atoms with Crippen LogP contribution in [-0.2, 0) is 0 Å². The molecule has 0 saturated carbocycles. The number of hydrogen-bond acceptors (Lipinski definition) is 3. The smallest absolute Gasteiger partial charge is 0.251 e. The molecule has 106 valence electrons. The minimum Gasteiger partial charge on any atom is -0.394 e. The number of nitrogens with zero attached hydrogens (tertiary/aromatic N) is 1. The highest BCUT2D eigenvalue weighted by atomic mass is 16.3. The van der Waals surface area contributed by atoms with E-state index in [0.717, 1.165) is 17.3 Å². The quantitative estimate of drug-likeness (QED) is 0.878. The molecule has 1 heterocycles. The highest BCUT2D eigenvalue weighted by Crippen LogP contribution is 2.14. The Hall–Kier alpha value is -1.94. The van der Waals surface area contributed by atoms with Crippen LogP contribution < -0.4 is 5.32 Å². The zero-order valence-electron chi connectivity index (χ0n) is 11.8. The van der Waals surface area contributed by atoms with Gasteiger partial charge in [-0.2, -0.15) is 0 Å². The SMILES string of the molecule is CC(C)CC(CO)NC(=O)c1ccc2ncccc2c1. The zero-order valence-corrected chi connectivity index (χ0v) is 11.8. The first-order chi connectivity index (χ1) is 9.60. The van der Waals surface area contributed by atoms with Gasteiger partial charge in [0.15, 0.2) is 0 Å². The van der Waals surface area contributed by atoms with Crippen LogP contribution in [0.5, 0.6) is 0 Å². The molecule has 1 unspecified atom stereocenters. The van der Waals surface area contributed by atoms with Gasteiger partial charge in [-0.3, -0.25) is 9.78 Å². The predicted molar refractivity (Wildman–Crippen MR) is 79.5 cm³/mol. The number of nitrogens with one attached hydrogen (secondary N) is 1. The van der Waals surface area contributed by atoms with Gasteiger partial charge in [0, 0.05) is 17.1 Å². The maximum absolute atomic E-state index is 12.2. The van der Waals surface area contributed by atoms with Gasteiger partial charge in [-0.05, 0) is 36.6 Å². The second kappa shape index (κ2) is 6.48. The van der Waals surface area contributed by atoms with E-state index < -0.39 is 0 Å². The van der Waals surface area contributed by atoms with Gasteiger partial charge in [-0.1, -0.05) is 19.9 Å². The highest BCUT2D eigenvalue weighted by Gasteiger charge is 2.14. The first kappa shape index (κ1) is 14.5. The standard InChI is InChI=1S/C16H20N2O2/c1-11(2)8-14(10-19)18-16(20)13-5-6-15-12(9-13)4-3-7-17-15/h3-7,9,11,14,19H,8,10H2,1-2H3,(H,18,20). The number of aliphatic hydroxyl groups excluding tert-OH is 1. The minimum atomic E-state index is -0.202. The van der Waals surface area contributed by atoms with Crippen molar-refractivity contribution in [1.29, 1.82) is 0 Å². The fourth-order valence-corrected chi connectivity index (χ4v) is 2.23. The Kier molecular flexibility index (Phi) is 4.69. The number of aromatic nitrogens is 1. The summed E-state index contributed by atoms with van der Waals surface area (Å²) in [5, 5.41) is 13.1. The van der Waals surface area contributed by atoms with Crippen molar-refractivity contribution < 1.29 is 9.90 Å². The topological polar surface area (TPSA) is 62.2 Å². The first-order valence-electron chi connectivity index (χ1n) is 6.86. The maximum Gasteiger partial charge on any atom is 0.251 e. The molecule has 1 aromatic heterocycles. The van der Waals surface area contributed by atoms with Crippen LogP contribution >= 0.6 is 0 Å². The van der Waals surface area contributed by atoms with Crippen LogP contribution in [0.25, 0.3) is 10.9 Å². The third kappa shape index (κ3) is 3.54. The molecule has 1 aromatic carbocycles. The van der Waals surface area contributed by atoms with Gasteiger partial charge in [0.1, 0.15) is 0 Å². The zero-order chi connectivity index (χ0) is 14.5. The number of hydrogen-bond donors (Lipinski definition) is 2. The molecule has 2 N–H and O–H groups in total. The van der Waals surface area contributed by atoms with E-state index in [9.17, 15) is 9.90 Å². The van der Waals surface area contributed by atoms with Crippen molar-refractivity contribution in [2.24, 2.45) is 5.92 Å². The van der Waals surface area contributed by atoms with Crippen LogP contribution in [0.3, 0.4) is 0 Å². The Morgan fingerprint density at radius 1 is 1.35 bits per heavy atom. The molecule has 2 rings (SSSR count). The average Bonchev–Trinajstić information content (AvgIpc) is 2.45. The van der Waals surface area contributed by atoms with E-state index in [1.165, 1.54) is 0 Å². The summed E-state index contributed by atoms with van der Waals surface area (Å²) >= 11 is 0. The largest absolute Gasteiger partial charge is 0.394 e. The summed E-state index contributed by atoms with van der Waals surface area (Å²) in [4.78, 5) is 16.4. The van der Waals surface area contributed by atoms with E-state index >= 15 is 0 Å². The summed E-state index contributed by atoms with van der Waals surface area (Å²) in [7, 11) is 0. The van der Waals surface area contributed by atoms with Crippen molar-refractivity contribution in [3.8, 4) is 0 Å². The van der Waals surface area contributed by atoms with Crippen LogP contribution in [0.4, 0.5) is 0 Å². The molecular formula is C16H20N2O2. The van der Waals surface area contributed by atoms with Gasteiger partial charge >= 0.3 is 0 Å². The Morgan fingerprint density at radius 3 is 2.85 bits per heavy atom. The lowest BCUT2D eigenvalue weighted by Gasteiger charge is -2.18. The maximum atomic E-state index is 12.2. The Labute approximate surface area is 118 Å². The van der Waals surface area contributed by atoms with Gasteiger partial charge in [0.25, 0.3) is 5.91 Å². The number of carbonyl (C=O) groups excluding carboxylic acids is 1. The summed E-state index contributed by atoms with van der Waals surface area (Å²) in [6.07, 6.45) is 2.49. The van der Waals surface area contributed by atoms with Gasteiger partial charge in [-0.25, -0.2) is 0 Å². The molecule has 0 aliphatic carbocycles. The Balaban J connectivity index is 2.14. The molecule has 4 heteroatoms. The fourth-order valence-electron chi connectivity index (χ4n) is 2.23. The summed E-state index contributed by atoms with van der Waals surface area (Å²) < 4.78 is 0. The molecule has 0 bridgehead atoms. The molecule has 0 radical (unpaired) electrons. The van der Waals surface area contributed by atoms with Crippen molar-refractivity contribution in [3.63, 3.8) is 0 Å². The lowest BCUT2D eigenvalue weighted by Crippen LogP contribution is -2.38. The third-order valence-electron chi connectivity index (χ3n) is 3.18. The van der Waals surface area contributed by atoms with Crippen molar-refractivity contribution >= 4 is 16.8 Å². The van der Waals surface area contributed by atoms with Gasteiger partial charge in [0.2, 0.25) is 0 Å². The van der Waals surface area contributed by atoms with Crippen LogP contribution in [0.15, 0.2) is 36.5 Å². The Morgan fingerprint density at radius 2 is 2.15 bits per heavy atom. The molecule has 4 nitrogen and oxygen atoms in total. The predicted octanol–water partition coefficient (Wildman–Crippen LogP) is 2.37. The summed E-state index contributed by atoms with van der Waals surface area (Å²) in [5.74, 6) is 0.267. The molecule has 1 amide bonds. The van der Waals surface area contributed by atoms with E-state index in [-0.39, 0.29) is 18.6 Å². The molecule has 0 saturated heterocycles. The van der Waals surface area contributed by atoms with Gasteiger partial charge in [-0.15, -0.1) is 0 Å². The minimum absolute atomic E-state index is 0.0426. The molecule has 0 spiro atoms. The second-order valence-corrected chi connectivity index (χ2v) is 5.39. The summed E-state index contributed by atoms with van der Waals surface area (Å²) in [5.41, 5.74) is 1.46. The lowest BCUT2D eigenvalue weighted by molar-refractivity contribution is 0.0908. The van der Waals surface area contributed by atoms with E-state index in [0.29, 0.717) is 11.5 Å². The van der Waals surface area contributed by atoms with Crippen molar-refractivity contribution in [3.05, 3.63) is 42.1 Å². The fraction of sp³-hybridized carbons (Fsp3) is 0.375. The van der Waals surface area contributed by atoms with Crippen LogP contribution in [0, 0.1) is 5.92 Å². The first-order valence-corrected chi connectivity index (χ1v) is 6.86. The molecule has 20 heavy (non-hydrogen) atoms. The number of pyridine rings is 1.